The maximum atomic E-state index is 12.9. The van der Waals surface area contributed by atoms with Crippen molar-refractivity contribution in [1.82, 2.24) is 10.2 Å². The van der Waals surface area contributed by atoms with Gasteiger partial charge in [-0.15, -0.1) is 0 Å². The van der Waals surface area contributed by atoms with Crippen molar-refractivity contribution in [3.63, 3.8) is 0 Å². The number of amides is 3. The lowest BCUT2D eigenvalue weighted by molar-refractivity contribution is -0.141. The third kappa shape index (κ3) is 5.10. The number of anilines is 1. The number of carbonyl (C=O) groups excluding carboxylic acids is 2. The van der Waals surface area contributed by atoms with Gasteiger partial charge in [-0.3, -0.25) is 9.59 Å². The highest BCUT2D eigenvalue weighted by atomic mass is 19.1. The number of likely N-dealkylation sites (tertiary alicyclic amines) is 1. The van der Waals surface area contributed by atoms with Crippen molar-refractivity contribution in [1.29, 1.82) is 0 Å². The Balaban J connectivity index is 1.55. The molecule has 0 aliphatic carbocycles. The lowest BCUT2D eigenvalue weighted by Gasteiger charge is -2.21. The molecule has 1 fully saturated rings. The van der Waals surface area contributed by atoms with E-state index in [9.17, 15) is 18.8 Å². The van der Waals surface area contributed by atoms with E-state index in [1.807, 2.05) is 6.92 Å². The Labute approximate surface area is 167 Å². The molecule has 8 heteroatoms. The van der Waals surface area contributed by atoms with Gasteiger partial charge in [0.25, 0.3) is 5.91 Å². The maximum Gasteiger partial charge on any atom is 0.317 e. The molecule has 2 aromatic rings. The molecule has 29 heavy (non-hydrogen) atoms. The van der Waals surface area contributed by atoms with Gasteiger partial charge in [0.1, 0.15) is 5.82 Å². The van der Waals surface area contributed by atoms with Gasteiger partial charge >= 0.3 is 12.0 Å². The number of benzene rings is 2. The van der Waals surface area contributed by atoms with Gasteiger partial charge in [-0.2, -0.15) is 0 Å². The predicted molar refractivity (Wildman–Crippen MR) is 105 cm³/mol. The molecule has 0 saturated carbocycles. The zero-order valence-corrected chi connectivity index (χ0v) is 15.9. The Kier molecular flexibility index (Phi) is 6.11. The second-order valence-electron chi connectivity index (χ2n) is 7.02. The topological polar surface area (TPSA) is 98.7 Å². The summed E-state index contributed by atoms with van der Waals surface area (Å²) in [6.45, 7) is 2.46. The summed E-state index contributed by atoms with van der Waals surface area (Å²) in [5, 5.41) is 14.6. The fraction of sp³-hybridized carbons (Fsp3) is 0.286. The van der Waals surface area contributed by atoms with Crippen LogP contribution in [0.4, 0.5) is 14.9 Å². The van der Waals surface area contributed by atoms with Gasteiger partial charge in [-0.25, -0.2) is 9.18 Å². The van der Waals surface area contributed by atoms with Crippen molar-refractivity contribution < 1.29 is 23.9 Å². The first-order chi connectivity index (χ1) is 13.8. The lowest BCUT2D eigenvalue weighted by atomic mass is 10.1. The monoisotopic (exact) mass is 399 g/mol. The fourth-order valence-corrected chi connectivity index (χ4v) is 3.17. The van der Waals surface area contributed by atoms with E-state index in [2.05, 4.69) is 10.6 Å². The smallest absolute Gasteiger partial charge is 0.317 e. The Hall–Kier alpha value is -3.42. The van der Waals surface area contributed by atoms with Gasteiger partial charge in [0.05, 0.1) is 12.0 Å². The number of nitrogens with one attached hydrogen (secondary N) is 2. The summed E-state index contributed by atoms with van der Waals surface area (Å²) in [5.74, 6) is -2.15. The summed E-state index contributed by atoms with van der Waals surface area (Å²) in [5.41, 5.74) is 1.76. The number of nitrogens with zero attached hydrogens (tertiary/aromatic N) is 1. The highest BCUT2D eigenvalue weighted by Gasteiger charge is 2.31. The van der Waals surface area contributed by atoms with Gasteiger partial charge in [-0.1, -0.05) is 12.1 Å². The van der Waals surface area contributed by atoms with Crippen LogP contribution < -0.4 is 10.6 Å². The molecule has 3 rings (SSSR count). The van der Waals surface area contributed by atoms with E-state index < -0.39 is 17.7 Å². The molecule has 0 bridgehead atoms. The maximum absolute atomic E-state index is 12.9. The first kappa shape index (κ1) is 20.3. The highest BCUT2D eigenvalue weighted by Crippen LogP contribution is 2.20. The van der Waals surface area contributed by atoms with Crippen LogP contribution in [0.2, 0.25) is 0 Å². The zero-order valence-electron chi connectivity index (χ0n) is 15.9. The van der Waals surface area contributed by atoms with Gasteiger partial charge in [0.2, 0.25) is 0 Å². The van der Waals surface area contributed by atoms with E-state index in [0.29, 0.717) is 24.2 Å². The molecular formula is C21H22FN3O4. The van der Waals surface area contributed by atoms with Gasteiger partial charge in [0.15, 0.2) is 0 Å². The van der Waals surface area contributed by atoms with Crippen molar-refractivity contribution >= 4 is 23.6 Å². The summed E-state index contributed by atoms with van der Waals surface area (Å²) >= 11 is 0. The zero-order chi connectivity index (χ0) is 21.0. The lowest BCUT2D eigenvalue weighted by Crippen LogP contribution is -2.40. The van der Waals surface area contributed by atoms with Crippen LogP contribution in [0.25, 0.3) is 0 Å². The standard InChI is InChI=1S/C21H22FN3O4/c1-13(23-21(29)25-11-10-16(12-25)20(27)28)14-4-8-18(9-5-14)24-19(26)15-2-6-17(22)7-3-15/h2-9,13,16H,10-12H2,1H3,(H,23,29)(H,24,26)(H,27,28). The van der Waals surface area contributed by atoms with Crippen LogP contribution in [0, 0.1) is 11.7 Å². The molecule has 0 aromatic heterocycles. The molecule has 2 atom stereocenters. The fourth-order valence-electron chi connectivity index (χ4n) is 3.17. The largest absolute Gasteiger partial charge is 0.481 e. The summed E-state index contributed by atoms with van der Waals surface area (Å²) in [7, 11) is 0. The number of carbonyl (C=O) groups is 3. The Morgan fingerprint density at radius 2 is 1.76 bits per heavy atom. The average Bonchev–Trinajstić information content (AvgIpc) is 3.20. The van der Waals surface area contributed by atoms with Gasteiger partial charge in [-0.05, 0) is 55.3 Å². The second-order valence-corrected chi connectivity index (χ2v) is 7.02. The number of rotatable bonds is 5. The van der Waals surface area contributed by atoms with E-state index in [0.717, 1.165) is 5.56 Å². The van der Waals surface area contributed by atoms with Crippen molar-refractivity contribution in [2.75, 3.05) is 18.4 Å². The first-order valence-electron chi connectivity index (χ1n) is 9.28. The second kappa shape index (κ2) is 8.72. The van der Waals surface area contributed by atoms with Gasteiger partial charge in [0, 0.05) is 24.3 Å². The molecule has 3 N–H and O–H groups in total. The summed E-state index contributed by atoms with van der Waals surface area (Å²) in [6, 6.07) is 11.7. The molecule has 1 saturated heterocycles. The number of urea groups is 1. The predicted octanol–water partition coefficient (Wildman–Crippen LogP) is 3.26. The van der Waals surface area contributed by atoms with Crippen LogP contribution in [0.1, 0.15) is 35.3 Å². The van der Waals surface area contributed by atoms with Crippen LogP contribution in [-0.2, 0) is 4.79 Å². The number of aliphatic carboxylic acids is 1. The van der Waals surface area contributed by atoms with Crippen LogP contribution in [-0.4, -0.2) is 41.0 Å². The van der Waals surface area contributed by atoms with Crippen LogP contribution in [0.3, 0.4) is 0 Å². The van der Waals surface area contributed by atoms with E-state index in [-0.39, 0.29) is 24.5 Å². The Morgan fingerprint density at radius 3 is 2.34 bits per heavy atom. The summed E-state index contributed by atoms with van der Waals surface area (Å²) in [6.07, 6.45) is 0.458. The van der Waals surface area contributed by atoms with E-state index >= 15 is 0 Å². The number of hydrogen-bond acceptors (Lipinski definition) is 3. The normalized spacial score (nSPS) is 16.9. The molecule has 0 spiro atoms. The first-order valence-corrected chi connectivity index (χ1v) is 9.28. The number of halogens is 1. The van der Waals surface area contributed by atoms with E-state index in [1.165, 1.54) is 29.2 Å². The van der Waals surface area contributed by atoms with Gasteiger partial charge < -0.3 is 20.6 Å². The Bertz CT molecular complexity index is 899. The highest BCUT2D eigenvalue weighted by molar-refractivity contribution is 6.04. The number of carboxylic acid groups (broad SMARTS) is 1. The van der Waals surface area contributed by atoms with Crippen LogP contribution >= 0.6 is 0 Å². The molecule has 1 heterocycles. The SMILES string of the molecule is CC(NC(=O)N1CCC(C(=O)O)C1)c1ccc(NC(=O)c2ccc(F)cc2)cc1. The summed E-state index contributed by atoms with van der Waals surface area (Å²) < 4.78 is 12.9. The van der Waals surface area contributed by atoms with Crippen LogP contribution in [0.5, 0.6) is 0 Å². The molecule has 2 aromatic carbocycles. The summed E-state index contributed by atoms with van der Waals surface area (Å²) in [4.78, 5) is 37.0. The van der Waals surface area contributed by atoms with Crippen molar-refractivity contribution in [3.8, 4) is 0 Å². The number of carboxylic acids is 1. The molecule has 1 aliphatic heterocycles. The molecule has 3 amide bonds. The quantitative estimate of drug-likeness (QED) is 0.719. The molecule has 1 aliphatic rings. The minimum absolute atomic E-state index is 0.211. The van der Waals surface area contributed by atoms with Crippen LogP contribution in [0.15, 0.2) is 48.5 Å². The Morgan fingerprint density at radius 1 is 1.10 bits per heavy atom. The van der Waals surface area contributed by atoms with Crippen molar-refractivity contribution in [2.45, 2.75) is 19.4 Å². The van der Waals surface area contributed by atoms with Crippen molar-refractivity contribution in [3.05, 3.63) is 65.5 Å². The minimum Gasteiger partial charge on any atom is -0.481 e. The molecular weight excluding hydrogens is 377 g/mol. The molecule has 7 nitrogen and oxygen atoms in total. The average molecular weight is 399 g/mol. The number of hydrogen-bond donors (Lipinski definition) is 3. The van der Waals surface area contributed by atoms with Crippen molar-refractivity contribution in [2.24, 2.45) is 5.92 Å². The third-order valence-corrected chi connectivity index (χ3v) is 4.94. The van der Waals surface area contributed by atoms with E-state index in [1.54, 1.807) is 24.3 Å². The minimum atomic E-state index is -0.883. The molecule has 0 radical (unpaired) electrons. The van der Waals surface area contributed by atoms with E-state index in [4.69, 9.17) is 5.11 Å². The molecule has 2 unspecified atom stereocenters. The molecule has 152 valence electrons. The third-order valence-electron chi connectivity index (χ3n) is 4.94.